The van der Waals surface area contributed by atoms with E-state index in [1.54, 1.807) is 7.05 Å². The summed E-state index contributed by atoms with van der Waals surface area (Å²) in [4.78, 5) is 18.1. The lowest BCUT2D eigenvalue weighted by molar-refractivity contribution is 0.254. The third-order valence-corrected chi connectivity index (χ3v) is 1.05. The summed E-state index contributed by atoms with van der Waals surface area (Å²) >= 11 is 0. The molecule has 0 aromatic carbocycles. The second-order valence-electron chi connectivity index (χ2n) is 1.83. The van der Waals surface area contributed by atoms with Gasteiger partial charge in [-0.3, -0.25) is 0 Å². The molecule has 1 rings (SSSR count). The second kappa shape index (κ2) is 7.02. The predicted octanol–water partition coefficient (Wildman–Crippen LogP) is 1.25. The first-order valence-electron chi connectivity index (χ1n) is 4.06. The van der Waals surface area contributed by atoms with Crippen LogP contribution in [0.1, 0.15) is 13.8 Å². The fourth-order valence-electron chi connectivity index (χ4n) is 0.557. The lowest BCUT2D eigenvalue weighted by atomic mass is 10.5. The fourth-order valence-corrected chi connectivity index (χ4v) is 0.557. The summed E-state index contributed by atoms with van der Waals surface area (Å²) in [6.07, 6.45) is 4.43. The van der Waals surface area contributed by atoms with Crippen molar-refractivity contribution in [1.29, 1.82) is 0 Å². The van der Waals surface area contributed by atoms with E-state index in [1.165, 1.54) is 18.7 Å². The topological polar surface area (TPSA) is 66.9 Å². The van der Waals surface area contributed by atoms with Crippen LogP contribution in [0.15, 0.2) is 18.7 Å². The molecule has 0 bridgehead atoms. The summed E-state index contributed by atoms with van der Waals surface area (Å²) < 4.78 is 0. The molecule has 0 saturated carbocycles. The Kier molecular flexibility index (Phi) is 6.13. The van der Waals surface area contributed by atoms with E-state index in [4.69, 9.17) is 0 Å². The molecule has 0 atom stereocenters. The molecule has 2 N–H and O–H groups in total. The molecular weight excluding hydrogens is 168 g/mol. The highest BCUT2D eigenvalue weighted by atomic mass is 16.2. The van der Waals surface area contributed by atoms with Gasteiger partial charge in [-0.2, -0.15) is 0 Å². The van der Waals surface area contributed by atoms with Crippen LogP contribution in [0.3, 0.4) is 0 Å². The highest BCUT2D eigenvalue weighted by Gasteiger charge is 1.95. The van der Waals surface area contributed by atoms with E-state index in [0.717, 1.165) is 0 Å². The molecule has 1 aromatic rings. The third-order valence-electron chi connectivity index (χ3n) is 1.05. The normalized spacial score (nSPS) is 7.92. The zero-order valence-electron chi connectivity index (χ0n) is 8.03. The highest BCUT2D eigenvalue weighted by Crippen LogP contribution is 1.98. The van der Waals surface area contributed by atoms with Crippen molar-refractivity contribution in [2.24, 2.45) is 0 Å². The van der Waals surface area contributed by atoms with E-state index in [-0.39, 0.29) is 6.03 Å². The van der Waals surface area contributed by atoms with Crippen molar-refractivity contribution in [2.45, 2.75) is 13.8 Å². The van der Waals surface area contributed by atoms with Gasteiger partial charge in [0.15, 0.2) is 0 Å². The number of nitrogens with one attached hydrogen (secondary N) is 2. The average Bonchev–Trinajstić information content (AvgIpc) is 2.22. The lowest BCUT2D eigenvalue weighted by Gasteiger charge is -2.00. The number of nitrogens with zero attached hydrogens (tertiary/aromatic N) is 2. The molecule has 5 nitrogen and oxygen atoms in total. The molecule has 0 fully saturated rings. The van der Waals surface area contributed by atoms with E-state index < -0.39 is 0 Å². The highest BCUT2D eigenvalue weighted by molar-refractivity contribution is 5.88. The Hall–Kier alpha value is -1.65. The van der Waals surface area contributed by atoms with E-state index in [0.29, 0.717) is 5.69 Å². The number of anilines is 1. The summed E-state index contributed by atoms with van der Waals surface area (Å²) in [6, 6.07) is -0.278. The number of carbonyl (C=O) groups excluding carboxylic acids is 1. The van der Waals surface area contributed by atoms with Gasteiger partial charge in [0.25, 0.3) is 0 Å². The van der Waals surface area contributed by atoms with Crippen molar-refractivity contribution in [2.75, 3.05) is 12.4 Å². The van der Waals surface area contributed by atoms with Crippen LogP contribution >= 0.6 is 0 Å². The number of hydrogen-bond donors (Lipinski definition) is 2. The first kappa shape index (κ1) is 11.4. The molecule has 13 heavy (non-hydrogen) atoms. The van der Waals surface area contributed by atoms with E-state index in [9.17, 15) is 4.79 Å². The Balaban J connectivity index is 0.000000671. The maximum absolute atomic E-state index is 10.7. The molecule has 0 aliphatic rings. The Morgan fingerprint density at radius 2 is 1.85 bits per heavy atom. The standard InChI is InChI=1S/C6H8N4O.C2H6/c1-7-6(11)10-5-2-8-4-9-3-5;1-2/h2-4H,1H3,(H2,7,10,11);1-2H3. The largest absolute Gasteiger partial charge is 0.341 e. The van der Waals surface area contributed by atoms with Crippen LogP contribution in [0.5, 0.6) is 0 Å². The van der Waals surface area contributed by atoms with E-state index >= 15 is 0 Å². The van der Waals surface area contributed by atoms with E-state index in [1.807, 2.05) is 13.8 Å². The van der Waals surface area contributed by atoms with Crippen molar-refractivity contribution in [3.63, 3.8) is 0 Å². The van der Waals surface area contributed by atoms with Gasteiger partial charge in [-0.1, -0.05) is 13.8 Å². The van der Waals surface area contributed by atoms with Crippen LogP contribution in [-0.4, -0.2) is 23.0 Å². The van der Waals surface area contributed by atoms with Gasteiger partial charge in [-0.25, -0.2) is 14.8 Å². The van der Waals surface area contributed by atoms with Gasteiger partial charge in [-0.15, -0.1) is 0 Å². The molecule has 0 spiro atoms. The fraction of sp³-hybridized carbons (Fsp3) is 0.375. The second-order valence-corrected chi connectivity index (χ2v) is 1.83. The van der Waals surface area contributed by atoms with Gasteiger partial charge in [0, 0.05) is 7.05 Å². The van der Waals surface area contributed by atoms with Crippen molar-refractivity contribution < 1.29 is 4.79 Å². The zero-order valence-corrected chi connectivity index (χ0v) is 8.03. The Morgan fingerprint density at radius 1 is 1.31 bits per heavy atom. The summed E-state index contributed by atoms with van der Waals surface area (Å²) in [7, 11) is 1.54. The molecule has 0 unspecified atom stereocenters. The van der Waals surface area contributed by atoms with Crippen molar-refractivity contribution >= 4 is 11.7 Å². The lowest BCUT2D eigenvalue weighted by Crippen LogP contribution is -2.24. The maximum Gasteiger partial charge on any atom is 0.319 e. The monoisotopic (exact) mass is 182 g/mol. The smallest absolute Gasteiger partial charge is 0.319 e. The summed E-state index contributed by atoms with van der Waals surface area (Å²) in [6.45, 7) is 4.00. The first-order valence-corrected chi connectivity index (χ1v) is 4.06. The number of amides is 2. The van der Waals surface area contributed by atoms with Crippen LogP contribution in [0, 0.1) is 0 Å². The van der Waals surface area contributed by atoms with Crippen molar-refractivity contribution in [1.82, 2.24) is 15.3 Å². The number of carbonyl (C=O) groups is 1. The van der Waals surface area contributed by atoms with Crippen LogP contribution in [0.4, 0.5) is 10.5 Å². The zero-order chi connectivity index (χ0) is 10.1. The van der Waals surface area contributed by atoms with Crippen LogP contribution in [-0.2, 0) is 0 Å². The van der Waals surface area contributed by atoms with Crippen molar-refractivity contribution in [3.05, 3.63) is 18.7 Å². The quantitative estimate of drug-likeness (QED) is 0.687. The first-order chi connectivity index (χ1) is 6.33. The average molecular weight is 182 g/mol. The molecule has 1 heterocycles. The minimum absolute atomic E-state index is 0.278. The SMILES string of the molecule is CC.CNC(=O)Nc1cncnc1. The molecule has 1 aromatic heterocycles. The van der Waals surface area contributed by atoms with E-state index in [2.05, 4.69) is 20.6 Å². The van der Waals surface area contributed by atoms with Crippen LogP contribution < -0.4 is 10.6 Å². The molecule has 72 valence electrons. The summed E-state index contributed by atoms with van der Waals surface area (Å²) in [5.74, 6) is 0. The number of hydrogen-bond acceptors (Lipinski definition) is 3. The van der Waals surface area contributed by atoms with Crippen LogP contribution in [0.2, 0.25) is 0 Å². The molecular formula is C8H14N4O. The maximum atomic E-state index is 10.7. The van der Waals surface area contributed by atoms with Gasteiger partial charge in [0.1, 0.15) is 6.33 Å². The summed E-state index contributed by atoms with van der Waals surface area (Å²) in [5, 5.41) is 4.92. The Morgan fingerprint density at radius 3 is 2.31 bits per heavy atom. The van der Waals surface area contributed by atoms with Gasteiger partial charge in [0.2, 0.25) is 0 Å². The van der Waals surface area contributed by atoms with Gasteiger partial charge >= 0.3 is 6.03 Å². The van der Waals surface area contributed by atoms with Gasteiger partial charge in [0.05, 0.1) is 18.1 Å². The molecule has 0 radical (unpaired) electrons. The minimum atomic E-state index is -0.278. The molecule has 2 amide bonds. The molecule has 0 aliphatic carbocycles. The molecule has 0 saturated heterocycles. The Labute approximate surface area is 77.6 Å². The number of aromatic nitrogens is 2. The Bertz CT molecular complexity index is 237. The number of rotatable bonds is 1. The van der Waals surface area contributed by atoms with Gasteiger partial charge < -0.3 is 10.6 Å². The van der Waals surface area contributed by atoms with Gasteiger partial charge in [-0.05, 0) is 0 Å². The molecule has 0 aliphatic heterocycles. The van der Waals surface area contributed by atoms with Crippen LogP contribution in [0.25, 0.3) is 0 Å². The third kappa shape index (κ3) is 4.73. The van der Waals surface area contributed by atoms with Crippen molar-refractivity contribution in [3.8, 4) is 0 Å². The number of urea groups is 1. The summed E-state index contributed by atoms with van der Waals surface area (Å²) in [5.41, 5.74) is 0.576. The predicted molar refractivity (Wildman–Crippen MR) is 51.5 cm³/mol. The molecule has 5 heteroatoms. The minimum Gasteiger partial charge on any atom is -0.341 e.